The Bertz CT molecular complexity index is 2020. The molecule has 5 fully saturated rings. The first-order valence-corrected chi connectivity index (χ1v) is 18.2. The van der Waals surface area contributed by atoms with E-state index < -0.39 is 17.2 Å². The van der Waals surface area contributed by atoms with Crippen molar-refractivity contribution in [3.05, 3.63) is 53.1 Å². The molecule has 5 aliphatic rings. The number of anilines is 1. The van der Waals surface area contributed by atoms with E-state index in [1.165, 1.54) is 12.1 Å². The molecule has 1 spiro atoms. The average Bonchev–Trinajstić information content (AvgIpc) is 3.91. The first-order chi connectivity index (χ1) is 24.0. The first kappa shape index (κ1) is 32.2. The molecule has 3 aromatic carbocycles. The minimum Gasteiger partial charge on any atom is -0.508 e. The predicted molar refractivity (Wildman–Crippen MR) is 185 cm³/mol. The van der Waals surface area contributed by atoms with E-state index in [2.05, 4.69) is 15.1 Å². The van der Waals surface area contributed by atoms with Crippen LogP contribution in [-0.4, -0.2) is 77.3 Å². The molecule has 4 aromatic rings. The number of aromatic nitrogens is 2. The molecule has 7 nitrogen and oxygen atoms in total. The van der Waals surface area contributed by atoms with E-state index in [-0.39, 0.29) is 40.5 Å². The number of halogens is 4. The summed E-state index contributed by atoms with van der Waals surface area (Å²) in [6, 6.07) is 8.69. The van der Waals surface area contributed by atoms with Gasteiger partial charge in [0.15, 0.2) is 5.82 Å². The van der Waals surface area contributed by atoms with Crippen molar-refractivity contribution in [1.82, 2.24) is 20.2 Å². The van der Waals surface area contributed by atoms with Crippen LogP contribution in [0.25, 0.3) is 32.8 Å². The Morgan fingerprint density at radius 3 is 2.50 bits per heavy atom. The summed E-state index contributed by atoms with van der Waals surface area (Å²) in [6.45, 7) is 7.38. The number of hydrogen-bond donors (Lipinski definition) is 2. The van der Waals surface area contributed by atoms with E-state index in [9.17, 15) is 13.9 Å². The summed E-state index contributed by atoms with van der Waals surface area (Å²) in [4.78, 5) is 14.0. The number of phenolic OH excluding ortho intramolecular Hbond substituents is 1. The van der Waals surface area contributed by atoms with E-state index in [0.29, 0.717) is 83.3 Å². The smallest absolute Gasteiger partial charge is 0.319 e. The van der Waals surface area contributed by atoms with Crippen LogP contribution >= 0.6 is 0 Å². The summed E-state index contributed by atoms with van der Waals surface area (Å²) in [5.74, 6) is -2.93. The van der Waals surface area contributed by atoms with Gasteiger partial charge in [-0.1, -0.05) is 13.0 Å². The fourth-order valence-electron chi connectivity index (χ4n) is 9.37. The van der Waals surface area contributed by atoms with Crippen molar-refractivity contribution in [3.63, 3.8) is 0 Å². The number of likely N-dealkylation sites (tertiary alicyclic amines) is 1. The number of benzene rings is 3. The van der Waals surface area contributed by atoms with Crippen LogP contribution in [0.3, 0.4) is 0 Å². The maximum atomic E-state index is 17.2. The van der Waals surface area contributed by atoms with Crippen LogP contribution in [-0.2, 0) is 6.42 Å². The van der Waals surface area contributed by atoms with Crippen molar-refractivity contribution >= 4 is 27.5 Å². The molecule has 3 saturated heterocycles. The van der Waals surface area contributed by atoms with Gasteiger partial charge < -0.3 is 25.0 Å². The molecule has 0 amide bonds. The summed E-state index contributed by atoms with van der Waals surface area (Å²) >= 11 is 0. The maximum absolute atomic E-state index is 17.2. The van der Waals surface area contributed by atoms with Crippen LogP contribution in [0.4, 0.5) is 23.4 Å². The highest BCUT2D eigenvalue weighted by atomic mass is 19.3. The van der Waals surface area contributed by atoms with E-state index in [4.69, 9.17) is 14.7 Å². The summed E-state index contributed by atoms with van der Waals surface area (Å²) in [5, 5.41) is 16.1. The molecule has 11 heteroatoms. The molecule has 1 aromatic heterocycles. The van der Waals surface area contributed by atoms with Gasteiger partial charge in [0.25, 0.3) is 5.92 Å². The van der Waals surface area contributed by atoms with E-state index in [0.717, 1.165) is 51.7 Å². The number of fused-ring (bicyclic) bond motifs is 4. The van der Waals surface area contributed by atoms with Gasteiger partial charge in [0, 0.05) is 61.0 Å². The SMILES string of the molecule is CCc1c(F)ccc2cc(O)cc(-c3c(C)cc4c(N5CC6CCC(C5)N6)nc(OCC5(CN6CCCC7(C6)CC7(F)F)CC5)nc4c3F)c12. The second-order valence-electron chi connectivity index (χ2n) is 15.9. The Hall–Kier alpha value is -3.70. The Morgan fingerprint density at radius 2 is 1.80 bits per heavy atom. The van der Waals surface area contributed by atoms with Gasteiger partial charge in [0.05, 0.1) is 12.0 Å². The van der Waals surface area contributed by atoms with Gasteiger partial charge in [-0.3, -0.25) is 0 Å². The number of piperazine rings is 1. The third-order valence-corrected chi connectivity index (χ3v) is 12.3. The highest BCUT2D eigenvalue weighted by molar-refractivity contribution is 6.04. The van der Waals surface area contributed by atoms with Crippen molar-refractivity contribution in [2.24, 2.45) is 10.8 Å². The van der Waals surface area contributed by atoms with Crippen LogP contribution in [0.1, 0.15) is 63.0 Å². The molecule has 2 aliphatic carbocycles. The summed E-state index contributed by atoms with van der Waals surface area (Å²) in [5.41, 5.74) is 0.827. The minimum absolute atomic E-state index is 0.0123. The van der Waals surface area contributed by atoms with Gasteiger partial charge >= 0.3 is 6.01 Å². The second-order valence-corrected chi connectivity index (χ2v) is 15.9. The predicted octanol–water partition coefficient (Wildman–Crippen LogP) is 7.53. The van der Waals surface area contributed by atoms with Crippen molar-refractivity contribution in [2.45, 2.75) is 83.2 Å². The molecule has 9 rings (SSSR count). The standard InChI is InChI=1S/C39H43F4N5O2/c1-3-27-30(40)8-5-23-14-26(49)15-28(32(23)27)31-22(2)13-29-34(33(31)41)45-36(46-35(29)48-16-24-6-7-25(17-48)44-24)50-21-37(10-11-37)19-47-12-4-9-38(20-47)18-39(38,42)43/h5,8,13-15,24-25,44,49H,3-4,6-7,9-12,16-21H2,1-2H3. The van der Waals surface area contributed by atoms with Crippen LogP contribution in [0.2, 0.25) is 0 Å². The lowest BCUT2D eigenvalue weighted by molar-refractivity contribution is 0.0167. The maximum Gasteiger partial charge on any atom is 0.319 e. The first-order valence-electron chi connectivity index (χ1n) is 18.2. The third kappa shape index (κ3) is 5.29. The van der Waals surface area contributed by atoms with Gasteiger partial charge in [-0.25, -0.2) is 17.6 Å². The van der Waals surface area contributed by atoms with Gasteiger partial charge in [0.1, 0.15) is 22.9 Å². The molecular weight excluding hydrogens is 646 g/mol. The van der Waals surface area contributed by atoms with Gasteiger partial charge in [-0.15, -0.1) is 0 Å². The van der Waals surface area contributed by atoms with Crippen LogP contribution in [0, 0.1) is 29.4 Å². The Morgan fingerprint density at radius 1 is 1.04 bits per heavy atom. The van der Waals surface area contributed by atoms with E-state index in [1.807, 2.05) is 19.9 Å². The zero-order valence-corrected chi connectivity index (χ0v) is 28.6. The van der Waals surface area contributed by atoms with Gasteiger partial charge in [-0.05, 0) is 110 Å². The summed E-state index contributed by atoms with van der Waals surface area (Å²) in [7, 11) is 0. The molecule has 3 aliphatic heterocycles. The average molecular weight is 690 g/mol. The van der Waals surface area contributed by atoms with Crippen molar-refractivity contribution in [3.8, 4) is 22.9 Å². The number of nitrogens with one attached hydrogen (secondary N) is 1. The monoisotopic (exact) mass is 689 g/mol. The molecule has 0 radical (unpaired) electrons. The number of rotatable bonds is 8. The fourth-order valence-corrected chi connectivity index (χ4v) is 9.37. The number of phenols is 1. The number of piperidine rings is 1. The third-order valence-electron chi connectivity index (χ3n) is 12.3. The minimum atomic E-state index is -2.56. The molecule has 2 N–H and O–H groups in total. The van der Waals surface area contributed by atoms with Crippen molar-refractivity contribution < 1.29 is 27.4 Å². The normalized spacial score (nSPS) is 26.6. The fraction of sp³-hybridized carbons (Fsp3) is 0.538. The molecule has 3 unspecified atom stereocenters. The molecule has 2 bridgehead atoms. The Balaban J connectivity index is 1.11. The molecule has 264 valence electrons. The van der Waals surface area contributed by atoms with Crippen LogP contribution in [0.15, 0.2) is 30.3 Å². The molecular formula is C39H43F4N5O2. The van der Waals surface area contributed by atoms with E-state index in [1.54, 1.807) is 12.1 Å². The Labute approximate surface area is 289 Å². The molecule has 50 heavy (non-hydrogen) atoms. The lowest BCUT2D eigenvalue weighted by atomic mass is 9.89. The van der Waals surface area contributed by atoms with E-state index >= 15 is 8.78 Å². The summed E-state index contributed by atoms with van der Waals surface area (Å²) < 4.78 is 67.2. The number of aromatic hydroxyl groups is 1. The molecule has 4 heterocycles. The highest BCUT2D eigenvalue weighted by Gasteiger charge is 2.71. The topological polar surface area (TPSA) is 73.8 Å². The zero-order chi connectivity index (χ0) is 34.6. The summed E-state index contributed by atoms with van der Waals surface area (Å²) in [6.07, 6.45) is 5.73. The van der Waals surface area contributed by atoms with Gasteiger partial charge in [-0.2, -0.15) is 9.97 Å². The lowest BCUT2D eigenvalue weighted by Crippen LogP contribution is -2.51. The highest BCUT2D eigenvalue weighted by Crippen LogP contribution is 2.65. The largest absolute Gasteiger partial charge is 0.508 e. The number of hydrogen-bond acceptors (Lipinski definition) is 7. The van der Waals surface area contributed by atoms with Gasteiger partial charge in [0.2, 0.25) is 0 Å². The van der Waals surface area contributed by atoms with Crippen LogP contribution in [0.5, 0.6) is 11.8 Å². The number of aryl methyl sites for hydroxylation is 2. The van der Waals surface area contributed by atoms with Crippen molar-refractivity contribution in [2.75, 3.05) is 44.2 Å². The molecule has 2 saturated carbocycles. The number of nitrogens with zero attached hydrogens (tertiary/aromatic N) is 4. The van der Waals surface area contributed by atoms with Crippen LogP contribution < -0.4 is 15.0 Å². The van der Waals surface area contributed by atoms with Crippen molar-refractivity contribution in [1.29, 1.82) is 0 Å². The zero-order valence-electron chi connectivity index (χ0n) is 28.6. The Kier molecular flexibility index (Phi) is 7.35. The lowest BCUT2D eigenvalue weighted by Gasteiger charge is -2.35. The number of ether oxygens (including phenoxy) is 1. The second kappa shape index (κ2) is 11.4. The number of alkyl halides is 2. The molecule has 3 atom stereocenters. The quantitative estimate of drug-likeness (QED) is 0.186.